The SMILES string of the molecule is Cc1c(C)c(C)c2ccccc2c1C.O=[N+]([O-])c1ccccc1. The van der Waals surface area contributed by atoms with E-state index in [1.807, 2.05) is 0 Å². The largest absolute Gasteiger partial charge is 0.269 e. The third kappa shape index (κ3) is 3.57. The van der Waals surface area contributed by atoms with Gasteiger partial charge in [-0.25, -0.2) is 0 Å². The van der Waals surface area contributed by atoms with Crippen molar-refractivity contribution in [1.82, 2.24) is 0 Å². The third-order valence-electron chi connectivity index (χ3n) is 4.39. The molecule has 0 aliphatic carbocycles. The molecule has 3 heteroatoms. The molecule has 0 atom stereocenters. The van der Waals surface area contributed by atoms with Crippen LogP contribution in [0.1, 0.15) is 22.3 Å². The molecule has 0 radical (unpaired) electrons. The summed E-state index contributed by atoms with van der Waals surface area (Å²) in [5, 5.41) is 12.8. The molecule has 0 amide bonds. The smallest absolute Gasteiger partial charge is 0.258 e. The zero-order chi connectivity index (χ0) is 17.0. The number of non-ortho nitro benzene ring substituents is 1. The van der Waals surface area contributed by atoms with Crippen LogP contribution in [0, 0.1) is 37.8 Å². The molecule has 3 aromatic carbocycles. The van der Waals surface area contributed by atoms with Gasteiger partial charge in [-0.1, -0.05) is 42.5 Å². The van der Waals surface area contributed by atoms with E-state index in [0.29, 0.717) is 0 Å². The van der Waals surface area contributed by atoms with E-state index in [1.165, 1.54) is 45.2 Å². The van der Waals surface area contributed by atoms with Crippen LogP contribution in [0.4, 0.5) is 5.69 Å². The number of rotatable bonds is 1. The van der Waals surface area contributed by atoms with Gasteiger partial charge in [-0.05, 0) is 60.7 Å². The lowest BCUT2D eigenvalue weighted by Gasteiger charge is -2.13. The number of benzene rings is 3. The zero-order valence-electron chi connectivity index (χ0n) is 14.0. The maximum absolute atomic E-state index is 10.0. The van der Waals surface area contributed by atoms with Crippen molar-refractivity contribution in [3.8, 4) is 0 Å². The van der Waals surface area contributed by atoms with E-state index in [2.05, 4.69) is 52.0 Å². The molecule has 0 unspecified atom stereocenters. The Bertz CT molecular complexity index is 793. The molecular formula is C20H21NO2. The third-order valence-corrected chi connectivity index (χ3v) is 4.39. The summed E-state index contributed by atoms with van der Waals surface area (Å²) in [7, 11) is 0. The fourth-order valence-electron chi connectivity index (χ4n) is 2.65. The van der Waals surface area contributed by atoms with Gasteiger partial charge in [0.2, 0.25) is 0 Å². The van der Waals surface area contributed by atoms with Gasteiger partial charge >= 0.3 is 0 Å². The summed E-state index contributed by atoms with van der Waals surface area (Å²) in [5.74, 6) is 0. The first-order chi connectivity index (χ1) is 10.9. The molecule has 0 fully saturated rings. The first-order valence-electron chi connectivity index (χ1n) is 7.58. The van der Waals surface area contributed by atoms with Gasteiger partial charge in [-0.3, -0.25) is 10.1 Å². The van der Waals surface area contributed by atoms with E-state index in [1.54, 1.807) is 18.2 Å². The number of nitro benzene ring substituents is 1. The van der Waals surface area contributed by atoms with E-state index in [4.69, 9.17) is 0 Å². The molecule has 0 aliphatic rings. The second-order valence-electron chi connectivity index (χ2n) is 5.64. The molecule has 23 heavy (non-hydrogen) atoms. The number of para-hydroxylation sites is 1. The highest BCUT2D eigenvalue weighted by atomic mass is 16.6. The average Bonchev–Trinajstić information content (AvgIpc) is 2.59. The fourth-order valence-corrected chi connectivity index (χ4v) is 2.65. The number of aryl methyl sites for hydroxylation is 2. The summed E-state index contributed by atoms with van der Waals surface area (Å²) in [6.45, 7) is 8.85. The molecule has 3 aromatic rings. The van der Waals surface area contributed by atoms with Gasteiger partial charge in [-0.2, -0.15) is 0 Å². The Morgan fingerprint density at radius 3 is 1.39 bits per heavy atom. The van der Waals surface area contributed by atoms with Gasteiger partial charge in [0.25, 0.3) is 5.69 Å². The van der Waals surface area contributed by atoms with E-state index in [-0.39, 0.29) is 5.69 Å². The van der Waals surface area contributed by atoms with Crippen LogP contribution in [0.15, 0.2) is 54.6 Å². The average molecular weight is 307 g/mol. The van der Waals surface area contributed by atoms with Crippen molar-refractivity contribution in [3.05, 3.63) is 87.0 Å². The minimum atomic E-state index is -0.417. The van der Waals surface area contributed by atoms with Crippen molar-refractivity contribution in [2.24, 2.45) is 0 Å². The van der Waals surface area contributed by atoms with Crippen molar-refractivity contribution in [1.29, 1.82) is 0 Å². The predicted molar refractivity (Wildman–Crippen MR) is 96.0 cm³/mol. The van der Waals surface area contributed by atoms with Gasteiger partial charge < -0.3 is 0 Å². The quantitative estimate of drug-likeness (QED) is 0.429. The lowest BCUT2D eigenvalue weighted by molar-refractivity contribution is -0.384. The van der Waals surface area contributed by atoms with Gasteiger partial charge in [0.15, 0.2) is 0 Å². The summed E-state index contributed by atoms with van der Waals surface area (Å²) in [6.07, 6.45) is 0. The van der Waals surface area contributed by atoms with Crippen LogP contribution < -0.4 is 0 Å². The standard InChI is InChI=1S/C14H16.C6H5NO2/c1-9-10(2)12(4)14-8-6-5-7-13(14)11(9)3;8-7(9)6-4-2-1-3-5-6/h5-8H,1-4H3;1-5H. The van der Waals surface area contributed by atoms with Crippen LogP contribution in [0.3, 0.4) is 0 Å². The molecule has 3 rings (SSSR count). The Morgan fingerprint density at radius 2 is 1.04 bits per heavy atom. The Labute approximate surface area is 136 Å². The number of nitrogens with zero attached hydrogens (tertiary/aromatic N) is 1. The molecule has 0 bridgehead atoms. The van der Waals surface area contributed by atoms with E-state index in [0.717, 1.165) is 0 Å². The molecule has 118 valence electrons. The fraction of sp³-hybridized carbons (Fsp3) is 0.200. The zero-order valence-corrected chi connectivity index (χ0v) is 14.0. The van der Waals surface area contributed by atoms with Gasteiger partial charge in [0.05, 0.1) is 4.92 Å². The molecule has 3 nitrogen and oxygen atoms in total. The highest BCUT2D eigenvalue weighted by Crippen LogP contribution is 2.28. The van der Waals surface area contributed by atoms with Crippen LogP contribution in [0.25, 0.3) is 10.8 Å². The summed E-state index contributed by atoms with van der Waals surface area (Å²) in [6, 6.07) is 16.6. The van der Waals surface area contributed by atoms with Crippen LogP contribution in [-0.2, 0) is 0 Å². The van der Waals surface area contributed by atoms with E-state index < -0.39 is 4.92 Å². The number of nitro groups is 1. The number of fused-ring (bicyclic) bond motifs is 1. The van der Waals surface area contributed by atoms with E-state index in [9.17, 15) is 10.1 Å². The van der Waals surface area contributed by atoms with Crippen molar-refractivity contribution in [2.75, 3.05) is 0 Å². The van der Waals surface area contributed by atoms with Crippen LogP contribution in [0.2, 0.25) is 0 Å². The van der Waals surface area contributed by atoms with Crippen molar-refractivity contribution < 1.29 is 4.92 Å². The molecule has 0 saturated heterocycles. The van der Waals surface area contributed by atoms with Crippen molar-refractivity contribution in [3.63, 3.8) is 0 Å². The maximum atomic E-state index is 10.0. The minimum absolute atomic E-state index is 0.137. The topological polar surface area (TPSA) is 43.1 Å². The molecule has 0 aromatic heterocycles. The van der Waals surface area contributed by atoms with Crippen LogP contribution in [0.5, 0.6) is 0 Å². The normalized spacial score (nSPS) is 10.1. The molecule has 0 saturated carbocycles. The Kier molecular flexibility index (Phi) is 5.12. The number of hydrogen-bond donors (Lipinski definition) is 0. The minimum Gasteiger partial charge on any atom is -0.258 e. The molecule has 0 N–H and O–H groups in total. The van der Waals surface area contributed by atoms with Crippen LogP contribution >= 0.6 is 0 Å². The first-order valence-corrected chi connectivity index (χ1v) is 7.58. The Balaban J connectivity index is 0.000000185. The van der Waals surface area contributed by atoms with Crippen molar-refractivity contribution >= 4 is 16.5 Å². The van der Waals surface area contributed by atoms with Crippen molar-refractivity contribution in [2.45, 2.75) is 27.7 Å². The van der Waals surface area contributed by atoms with Gasteiger partial charge in [0, 0.05) is 12.1 Å². The predicted octanol–water partition coefficient (Wildman–Crippen LogP) is 5.67. The first kappa shape index (κ1) is 16.7. The number of hydrogen-bond acceptors (Lipinski definition) is 2. The second-order valence-corrected chi connectivity index (χ2v) is 5.64. The highest BCUT2D eigenvalue weighted by molar-refractivity contribution is 5.90. The Morgan fingerprint density at radius 1 is 0.652 bits per heavy atom. The Hall–Kier alpha value is -2.68. The lowest BCUT2D eigenvalue weighted by atomic mass is 9.92. The lowest BCUT2D eigenvalue weighted by Crippen LogP contribution is -1.93. The summed E-state index contributed by atoms with van der Waals surface area (Å²) in [4.78, 5) is 9.59. The molecule has 0 spiro atoms. The van der Waals surface area contributed by atoms with E-state index >= 15 is 0 Å². The van der Waals surface area contributed by atoms with Crippen LogP contribution in [-0.4, -0.2) is 4.92 Å². The summed E-state index contributed by atoms with van der Waals surface area (Å²) >= 11 is 0. The maximum Gasteiger partial charge on any atom is 0.269 e. The highest BCUT2D eigenvalue weighted by Gasteiger charge is 2.07. The van der Waals surface area contributed by atoms with Gasteiger partial charge in [-0.15, -0.1) is 0 Å². The second kappa shape index (κ2) is 7.05. The molecular weight excluding hydrogens is 286 g/mol. The monoisotopic (exact) mass is 307 g/mol. The summed E-state index contributed by atoms with van der Waals surface area (Å²) in [5.41, 5.74) is 5.84. The van der Waals surface area contributed by atoms with Gasteiger partial charge in [0.1, 0.15) is 0 Å². The summed E-state index contributed by atoms with van der Waals surface area (Å²) < 4.78 is 0. The molecule has 0 aliphatic heterocycles. The molecule has 0 heterocycles.